The van der Waals surface area contributed by atoms with Gasteiger partial charge >= 0.3 is 0 Å². The van der Waals surface area contributed by atoms with Crippen molar-refractivity contribution in [2.24, 2.45) is 0 Å². The Balaban J connectivity index is 1.88. The summed E-state index contributed by atoms with van der Waals surface area (Å²) in [5.74, 6) is 1.59. The van der Waals surface area contributed by atoms with E-state index in [-0.39, 0.29) is 0 Å². The van der Waals surface area contributed by atoms with Crippen LogP contribution in [0.5, 0.6) is 0 Å². The summed E-state index contributed by atoms with van der Waals surface area (Å²) >= 11 is 6.07. The van der Waals surface area contributed by atoms with E-state index < -0.39 is 0 Å². The molecule has 0 aliphatic heterocycles. The van der Waals surface area contributed by atoms with Crippen LogP contribution < -0.4 is 5.32 Å². The van der Waals surface area contributed by atoms with Crippen LogP contribution in [0.3, 0.4) is 0 Å². The number of anilines is 1. The van der Waals surface area contributed by atoms with Gasteiger partial charge in [-0.3, -0.25) is 0 Å². The van der Waals surface area contributed by atoms with Gasteiger partial charge < -0.3 is 10.3 Å². The molecule has 1 saturated carbocycles. The van der Waals surface area contributed by atoms with Gasteiger partial charge in [0, 0.05) is 22.3 Å². The van der Waals surface area contributed by atoms with Crippen LogP contribution in [0.2, 0.25) is 5.02 Å². The van der Waals surface area contributed by atoms with Crippen LogP contribution in [0.25, 0.3) is 22.4 Å². The molecule has 1 fully saturated rings. The van der Waals surface area contributed by atoms with E-state index in [1.165, 1.54) is 12.8 Å². The lowest BCUT2D eigenvalue weighted by Crippen LogP contribution is -2.05. The van der Waals surface area contributed by atoms with Gasteiger partial charge in [0.15, 0.2) is 5.82 Å². The molecule has 4 rings (SSSR count). The standard InChI is InChI=1S/C16H15ClN4/c1-9-7-13-15(18-9)20-14(10-3-2-4-11(17)8-10)21-16(13)19-12-5-6-12/h2-4,7-8,12H,5-6H2,1H3,(H2,18,19,20,21). The van der Waals surface area contributed by atoms with Gasteiger partial charge in [0.2, 0.25) is 0 Å². The topological polar surface area (TPSA) is 53.6 Å². The number of nitrogens with zero attached hydrogens (tertiary/aromatic N) is 2. The molecule has 2 heterocycles. The molecule has 5 heteroatoms. The lowest BCUT2D eigenvalue weighted by molar-refractivity contribution is 1.10. The maximum atomic E-state index is 6.07. The zero-order valence-corrected chi connectivity index (χ0v) is 12.4. The smallest absolute Gasteiger partial charge is 0.163 e. The summed E-state index contributed by atoms with van der Waals surface area (Å²) in [6.45, 7) is 2.03. The van der Waals surface area contributed by atoms with Gasteiger partial charge in [0.1, 0.15) is 11.5 Å². The number of H-pyrrole nitrogens is 1. The Morgan fingerprint density at radius 2 is 2.10 bits per heavy atom. The first-order valence-electron chi connectivity index (χ1n) is 7.09. The second kappa shape index (κ2) is 4.74. The molecule has 0 amide bonds. The molecule has 0 spiro atoms. The van der Waals surface area contributed by atoms with Gasteiger partial charge in [-0.2, -0.15) is 0 Å². The molecular weight excluding hydrogens is 284 g/mol. The summed E-state index contributed by atoms with van der Waals surface area (Å²) in [6.07, 6.45) is 2.42. The molecule has 21 heavy (non-hydrogen) atoms. The van der Waals surface area contributed by atoms with E-state index in [0.29, 0.717) is 16.9 Å². The Kier molecular flexibility index (Phi) is 2.86. The molecule has 106 valence electrons. The Bertz CT molecular complexity index is 820. The third-order valence-electron chi connectivity index (χ3n) is 3.62. The van der Waals surface area contributed by atoms with Gasteiger partial charge in [-0.1, -0.05) is 23.7 Å². The minimum absolute atomic E-state index is 0.547. The number of nitrogens with one attached hydrogen (secondary N) is 2. The highest BCUT2D eigenvalue weighted by molar-refractivity contribution is 6.30. The van der Waals surface area contributed by atoms with Crippen LogP contribution >= 0.6 is 11.6 Å². The molecule has 0 atom stereocenters. The third kappa shape index (κ3) is 2.47. The number of aryl methyl sites for hydroxylation is 1. The maximum Gasteiger partial charge on any atom is 0.163 e. The van der Waals surface area contributed by atoms with Crippen molar-refractivity contribution in [1.29, 1.82) is 0 Å². The van der Waals surface area contributed by atoms with Crippen molar-refractivity contribution < 1.29 is 0 Å². The summed E-state index contributed by atoms with van der Waals surface area (Å²) in [7, 11) is 0. The molecule has 4 nitrogen and oxygen atoms in total. The van der Waals surface area contributed by atoms with Crippen molar-refractivity contribution in [2.45, 2.75) is 25.8 Å². The van der Waals surface area contributed by atoms with E-state index in [0.717, 1.165) is 28.1 Å². The zero-order valence-electron chi connectivity index (χ0n) is 11.7. The van der Waals surface area contributed by atoms with Crippen LogP contribution in [-0.2, 0) is 0 Å². The molecule has 0 bridgehead atoms. The first-order valence-corrected chi connectivity index (χ1v) is 7.47. The Labute approximate surface area is 127 Å². The Morgan fingerprint density at radius 3 is 2.86 bits per heavy atom. The first-order chi connectivity index (χ1) is 10.2. The fourth-order valence-electron chi connectivity index (χ4n) is 2.43. The van der Waals surface area contributed by atoms with E-state index in [4.69, 9.17) is 16.6 Å². The molecule has 3 aromatic rings. The third-order valence-corrected chi connectivity index (χ3v) is 3.86. The predicted molar refractivity (Wildman–Crippen MR) is 85.7 cm³/mol. The second-order valence-electron chi connectivity index (χ2n) is 5.54. The molecule has 0 unspecified atom stereocenters. The SMILES string of the molecule is Cc1cc2c(NC3CC3)nc(-c3cccc(Cl)c3)nc2[nH]1. The van der Waals surface area contributed by atoms with Crippen LogP contribution in [-0.4, -0.2) is 21.0 Å². The van der Waals surface area contributed by atoms with Crippen molar-refractivity contribution in [3.05, 3.63) is 41.0 Å². The Hall–Kier alpha value is -2.07. The largest absolute Gasteiger partial charge is 0.367 e. The maximum absolute atomic E-state index is 6.07. The zero-order chi connectivity index (χ0) is 14.4. The van der Waals surface area contributed by atoms with Crippen molar-refractivity contribution in [3.8, 4) is 11.4 Å². The summed E-state index contributed by atoms with van der Waals surface area (Å²) in [5, 5.41) is 5.23. The number of benzene rings is 1. The van der Waals surface area contributed by atoms with Crippen LogP contribution in [0.1, 0.15) is 18.5 Å². The quantitative estimate of drug-likeness (QED) is 0.763. The first kappa shape index (κ1) is 12.7. The summed E-state index contributed by atoms with van der Waals surface area (Å²) < 4.78 is 0. The summed E-state index contributed by atoms with van der Waals surface area (Å²) in [4.78, 5) is 12.6. The number of aromatic amines is 1. The molecule has 0 saturated heterocycles. The molecule has 1 aliphatic rings. The van der Waals surface area contributed by atoms with Crippen molar-refractivity contribution in [1.82, 2.24) is 15.0 Å². The predicted octanol–water partition coefficient (Wildman–Crippen LogP) is 4.16. The number of fused-ring (bicyclic) bond motifs is 1. The van der Waals surface area contributed by atoms with E-state index in [2.05, 4.69) is 21.4 Å². The fraction of sp³-hybridized carbons (Fsp3) is 0.250. The molecule has 2 N–H and O–H groups in total. The van der Waals surface area contributed by atoms with Gasteiger partial charge in [-0.05, 0) is 38.0 Å². The van der Waals surface area contributed by atoms with Crippen molar-refractivity contribution in [2.75, 3.05) is 5.32 Å². The van der Waals surface area contributed by atoms with Gasteiger partial charge in [-0.25, -0.2) is 9.97 Å². The van der Waals surface area contributed by atoms with Gasteiger partial charge in [0.25, 0.3) is 0 Å². The lowest BCUT2D eigenvalue weighted by Gasteiger charge is -2.08. The monoisotopic (exact) mass is 298 g/mol. The highest BCUT2D eigenvalue weighted by Crippen LogP contribution is 2.30. The van der Waals surface area contributed by atoms with Gasteiger partial charge in [0.05, 0.1) is 5.39 Å². The van der Waals surface area contributed by atoms with E-state index in [9.17, 15) is 0 Å². The molecule has 2 aromatic heterocycles. The summed E-state index contributed by atoms with van der Waals surface area (Å²) in [5.41, 5.74) is 2.87. The molecular formula is C16H15ClN4. The lowest BCUT2D eigenvalue weighted by atomic mass is 10.2. The van der Waals surface area contributed by atoms with Crippen LogP contribution in [0.15, 0.2) is 30.3 Å². The minimum Gasteiger partial charge on any atom is -0.367 e. The average Bonchev–Trinajstić information content (AvgIpc) is 3.18. The van der Waals surface area contributed by atoms with E-state index >= 15 is 0 Å². The second-order valence-corrected chi connectivity index (χ2v) is 5.98. The van der Waals surface area contributed by atoms with E-state index in [1.807, 2.05) is 31.2 Å². The number of halogens is 1. The highest BCUT2D eigenvalue weighted by atomic mass is 35.5. The van der Waals surface area contributed by atoms with Crippen LogP contribution in [0.4, 0.5) is 5.82 Å². The number of hydrogen-bond acceptors (Lipinski definition) is 3. The molecule has 1 aromatic carbocycles. The fourth-order valence-corrected chi connectivity index (χ4v) is 2.62. The van der Waals surface area contributed by atoms with E-state index in [1.54, 1.807) is 0 Å². The van der Waals surface area contributed by atoms with Crippen molar-refractivity contribution in [3.63, 3.8) is 0 Å². The Morgan fingerprint density at radius 1 is 1.24 bits per heavy atom. The number of hydrogen-bond donors (Lipinski definition) is 2. The normalized spacial score (nSPS) is 14.6. The summed E-state index contributed by atoms with van der Waals surface area (Å²) in [6, 6.07) is 10.3. The highest BCUT2D eigenvalue weighted by Gasteiger charge is 2.23. The average molecular weight is 299 g/mol. The number of rotatable bonds is 3. The van der Waals surface area contributed by atoms with Crippen LogP contribution in [0, 0.1) is 6.92 Å². The molecule has 0 radical (unpaired) electrons. The van der Waals surface area contributed by atoms with Gasteiger partial charge in [-0.15, -0.1) is 0 Å². The van der Waals surface area contributed by atoms with Crippen molar-refractivity contribution >= 4 is 28.5 Å². The minimum atomic E-state index is 0.547. The molecule has 1 aliphatic carbocycles. The number of aromatic nitrogens is 3.